The van der Waals surface area contributed by atoms with E-state index in [0.29, 0.717) is 12.0 Å². The maximum absolute atomic E-state index is 10.8. The van der Waals surface area contributed by atoms with Crippen LogP contribution in [0.2, 0.25) is 0 Å². The molecule has 16 heavy (non-hydrogen) atoms. The molecule has 0 aromatic heterocycles. The highest BCUT2D eigenvalue weighted by Crippen LogP contribution is 2.12. The predicted molar refractivity (Wildman–Crippen MR) is 68.3 cm³/mol. The second-order valence-corrected chi connectivity index (χ2v) is 3.73. The number of hydrogen-bond acceptors (Lipinski definition) is 1. The molecule has 1 N–H and O–H groups in total. The monoisotopic (exact) mass is 220 g/mol. The summed E-state index contributed by atoms with van der Waals surface area (Å²) in [7, 11) is 0. The summed E-state index contributed by atoms with van der Waals surface area (Å²) in [5, 5.41) is 8.85. The van der Waals surface area contributed by atoms with Crippen LogP contribution in [0.25, 0.3) is 0 Å². The van der Waals surface area contributed by atoms with Gasteiger partial charge in [-0.1, -0.05) is 42.0 Å². The van der Waals surface area contributed by atoms with E-state index in [-0.39, 0.29) is 0 Å². The Hall–Kier alpha value is -1.57. The summed E-state index contributed by atoms with van der Waals surface area (Å²) in [6.45, 7) is 9.35. The lowest BCUT2D eigenvalue weighted by atomic mass is 10.1. The highest BCUT2D eigenvalue weighted by molar-refractivity contribution is 5.86. The molecule has 0 aliphatic heterocycles. The van der Waals surface area contributed by atoms with E-state index >= 15 is 0 Å². The van der Waals surface area contributed by atoms with Gasteiger partial charge in [0.25, 0.3) is 0 Å². The summed E-state index contributed by atoms with van der Waals surface area (Å²) in [4.78, 5) is 10.8. The molecular weight excluding hydrogens is 200 g/mol. The van der Waals surface area contributed by atoms with Gasteiger partial charge in [-0.15, -0.1) is 0 Å². The number of carbonyl (C=O) groups is 1. The fourth-order valence-corrected chi connectivity index (χ4v) is 1.20. The Balaban J connectivity index is 4.36. The minimum absolute atomic E-state index is 0.443. The van der Waals surface area contributed by atoms with E-state index in [4.69, 9.17) is 5.11 Å². The topological polar surface area (TPSA) is 37.3 Å². The van der Waals surface area contributed by atoms with Crippen molar-refractivity contribution < 1.29 is 9.90 Å². The van der Waals surface area contributed by atoms with Crippen LogP contribution in [-0.4, -0.2) is 11.1 Å². The molecule has 88 valence electrons. The Morgan fingerprint density at radius 1 is 1.31 bits per heavy atom. The van der Waals surface area contributed by atoms with Crippen molar-refractivity contribution in [2.45, 2.75) is 33.6 Å². The molecule has 0 aliphatic rings. The molecule has 2 heteroatoms. The molecule has 2 nitrogen and oxygen atoms in total. The summed E-state index contributed by atoms with van der Waals surface area (Å²) in [5.41, 5.74) is 2.65. The fraction of sp³-hybridized carbons (Fsp3) is 0.357. The van der Waals surface area contributed by atoms with E-state index in [1.807, 2.05) is 19.9 Å². The van der Waals surface area contributed by atoms with Crippen molar-refractivity contribution in [1.82, 2.24) is 0 Å². The zero-order valence-electron chi connectivity index (χ0n) is 10.3. The van der Waals surface area contributed by atoms with Crippen LogP contribution in [-0.2, 0) is 4.79 Å². The average molecular weight is 220 g/mol. The van der Waals surface area contributed by atoms with Crippen molar-refractivity contribution in [2.75, 3.05) is 0 Å². The first kappa shape index (κ1) is 14.4. The van der Waals surface area contributed by atoms with Crippen LogP contribution >= 0.6 is 0 Å². The van der Waals surface area contributed by atoms with Gasteiger partial charge in [-0.05, 0) is 33.6 Å². The Labute approximate surface area is 97.7 Å². The van der Waals surface area contributed by atoms with Crippen molar-refractivity contribution in [3.63, 3.8) is 0 Å². The normalized spacial score (nSPS) is 13.8. The third-order valence-electron chi connectivity index (χ3n) is 2.32. The second-order valence-electron chi connectivity index (χ2n) is 3.73. The molecule has 0 saturated heterocycles. The highest BCUT2D eigenvalue weighted by atomic mass is 16.4. The smallest absolute Gasteiger partial charge is 0.331 e. The van der Waals surface area contributed by atoms with Crippen LogP contribution in [0.3, 0.4) is 0 Å². The zero-order chi connectivity index (χ0) is 12.6. The molecule has 0 unspecified atom stereocenters. The minimum atomic E-state index is -0.840. The van der Waals surface area contributed by atoms with Crippen LogP contribution in [0.15, 0.2) is 47.6 Å². The van der Waals surface area contributed by atoms with Gasteiger partial charge in [0.05, 0.1) is 0 Å². The van der Waals surface area contributed by atoms with Crippen molar-refractivity contribution in [3.8, 4) is 0 Å². The maximum Gasteiger partial charge on any atom is 0.331 e. The van der Waals surface area contributed by atoms with Gasteiger partial charge in [-0.3, -0.25) is 0 Å². The van der Waals surface area contributed by atoms with Crippen molar-refractivity contribution >= 4 is 5.97 Å². The van der Waals surface area contributed by atoms with E-state index in [2.05, 4.69) is 12.7 Å². The van der Waals surface area contributed by atoms with E-state index in [0.717, 1.165) is 17.6 Å². The number of aliphatic carboxylic acids is 1. The zero-order valence-corrected chi connectivity index (χ0v) is 10.3. The standard InChI is InChI=1S/C14H20O2/c1-5-11(3)8-7-9-12(4)10-13(6-2)14(15)16/h5-6,8-9H,1,7,10H2,2-4H3,(H,15,16)/b11-8?,12-9?,13-6+. The first-order valence-corrected chi connectivity index (χ1v) is 5.34. The van der Waals surface area contributed by atoms with Gasteiger partial charge in [-0.2, -0.15) is 0 Å². The maximum atomic E-state index is 10.8. The summed E-state index contributed by atoms with van der Waals surface area (Å²) < 4.78 is 0. The van der Waals surface area contributed by atoms with Gasteiger partial charge < -0.3 is 5.11 Å². The minimum Gasteiger partial charge on any atom is -0.478 e. The number of allylic oxidation sites excluding steroid dienone is 6. The van der Waals surface area contributed by atoms with Gasteiger partial charge in [0.15, 0.2) is 0 Å². The van der Waals surface area contributed by atoms with E-state index < -0.39 is 5.97 Å². The molecule has 0 bridgehead atoms. The quantitative estimate of drug-likeness (QED) is 0.419. The highest BCUT2D eigenvalue weighted by Gasteiger charge is 2.05. The summed E-state index contributed by atoms with van der Waals surface area (Å²) in [5.74, 6) is -0.840. The number of rotatable bonds is 6. The molecule has 0 rings (SSSR count). The number of carboxylic acid groups (broad SMARTS) is 1. The molecule has 0 fully saturated rings. The molecular formula is C14H20O2. The van der Waals surface area contributed by atoms with Crippen LogP contribution < -0.4 is 0 Å². The van der Waals surface area contributed by atoms with Crippen LogP contribution in [0.1, 0.15) is 33.6 Å². The van der Waals surface area contributed by atoms with Crippen LogP contribution in [0.4, 0.5) is 0 Å². The Morgan fingerprint density at radius 3 is 2.38 bits per heavy atom. The van der Waals surface area contributed by atoms with E-state index in [9.17, 15) is 4.79 Å². The fourth-order valence-electron chi connectivity index (χ4n) is 1.20. The molecule has 0 amide bonds. The Kier molecular flexibility index (Phi) is 6.93. The molecule has 0 aliphatic carbocycles. The number of carboxylic acids is 1. The molecule has 0 atom stereocenters. The predicted octanol–water partition coefficient (Wildman–Crippen LogP) is 3.88. The lowest BCUT2D eigenvalue weighted by molar-refractivity contribution is -0.132. The van der Waals surface area contributed by atoms with Gasteiger partial charge in [0.2, 0.25) is 0 Å². The Morgan fingerprint density at radius 2 is 1.94 bits per heavy atom. The second kappa shape index (κ2) is 7.69. The van der Waals surface area contributed by atoms with Crippen molar-refractivity contribution in [3.05, 3.63) is 47.6 Å². The summed E-state index contributed by atoms with van der Waals surface area (Å²) >= 11 is 0. The van der Waals surface area contributed by atoms with Crippen molar-refractivity contribution in [1.29, 1.82) is 0 Å². The van der Waals surface area contributed by atoms with E-state index in [1.165, 1.54) is 0 Å². The van der Waals surface area contributed by atoms with Crippen molar-refractivity contribution in [2.24, 2.45) is 0 Å². The van der Waals surface area contributed by atoms with Gasteiger partial charge in [0.1, 0.15) is 0 Å². The van der Waals surface area contributed by atoms with Crippen LogP contribution in [0, 0.1) is 0 Å². The molecule has 0 heterocycles. The molecule has 0 aromatic rings. The first-order valence-electron chi connectivity index (χ1n) is 5.34. The molecule has 0 spiro atoms. The Bertz CT molecular complexity index is 344. The third kappa shape index (κ3) is 6.02. The van der Waals surface area contributed by atoms with E-state index in [1.54, 1.807) is 19.1 Å². The molecule has 0 radical (unpaired) electrons. The van der Waals surface area contributed by atoms with Gasteiger partial charge in [0, 0.05) is 5.57 Å². The summed E-state index contributed by atoms with van der Waals surface area (Å²) in [6, 6.07) is 0. The number of hydrogen-bond donors (Lipinski definition) is 1. The SMILES string of the molecule is C=CC(C)=CCC=C(C)C/C(=C\C)C(=O)O. The summed E-state index contributed by atoms with van der Waals surface area (Å²) in [6.07, 6.45) is 8.88. The van der Waals surface area contributed by atoms with Gasteiger partial charge in [-0.25, -0.2) is 4.79 Å². The molecule has 0 saturated carbocycles. The first-order chi connectivity index (χ1) is 7.51. The largest absolute Gasteiger partial charge is 0.478 e. The lowest BCUT2D eigenvalue weighted by Gasteiger charge is -2.01. The van der Waals surface area contributed by atoms with Crippen LogP contribution in [0.5, 0.6) is 0 Å². The van der Waals surface area contributed by atoms with Gasteiger partial charge >= 0.3 is 5.97 Å². The third-order valence-corrected chi connectivity index (χ3v) is 2.32. The molecule has 0 aromatic carbocycles. The average Bonchev–Trinajstić information content (AvgIpc) is 2.25. The lowest BCUT2D eigenvalue weighted by Crippen LogP contribution is -2.00.